The lowest BCUT2D eigenvalue weighted by molar-refractivity contribution is -0.117. The molecule has 0 aliphatic carbocycles. The summed E-state index contributed by atoms with van der Waals surface area (Å²) in [5, 5.41) is 2.80. The van der Waals surface area contributed by atoms with Gasteiger partial charge in [-0.25, -0.2) is 0 Å². The number of nitrogens with one attached hydrogen (secondary N) is 1. The zero-order chi connectivity index (χ0) is 11.1. The maximum atomic E-state index is 11.3. The summed E-state index contributed by atoms with van der Waals surface area (Å²) in [6, 6.07) is 9.52. The molecule has 1 amide bonds. The van der Waals surface area contributed by atoms with Crippen LogP contribution in [-0.2, 0) is 4.79 Å². The number of rotatable bonds is 5. The summed E-state index contributed by atoms with van der Waals surface area (Å²) in [5.74, 6) is -0.168. The van der Waals surface area contributed by atoms with Gasteiger partial charge in [0.15, 0.2) is 0 Å². The molecule has 1 aromatic rings. The highest BCUT2D eigenvalue weighted by Crippen LogP contribution is 2.12. The van der Waals surface area contributed by atoms with Crippen molar-refractivity contribution in [2.24, 2.45) is 0 Å². The number of benzene rings is 1. The van der Waals surface area contributed by atoms with E-state index in [-0.39, 0.29) is 11.9 Å². The van der Waals surface area contributed by atoms with Crippen molar-refractivity contribution < 1.29 is 4.79 Å². The Morgan fingerprint density at radius 2 is 1.93 bits per heavy atom. The Morgan fingerprint density at radius 1 is 1.27 bits per heavy atom. The normalized spacial score (nSPS) is 11.5. The zero-order valence-electron chi connectivity index (χ0n) is 8.52. The summed E-state index contributed by atoms with van der Waals surface area (Å²) in [7, 11) is 0. The molecule has 1 N–H and O–H groups in total. The van der Waals surface area contributed by atoms with Crippen molar-refractivity contribution in [3.8, 4) is 0 Å². The van der Waals surface area contributed by atoms with E-state index in [1.54, 1.807) is 6.08 Å². The maximum absolute atomic E-state index is 11.3. The van der Waals surface area contributed by atoms with Crippen LogP contribution in [0.3, 0.4) is 0 Å². The van der Waals surface area contributed by atoms with Crippen LogP contribution in [0, 0.1) is 6.42 Å². The van der Waals surface area contributed by atoms with Crippen LogP contribution in [0.1, 0.15) is 11.6 Å². The first-order chi connectivity index (χ1) is 7.27. The highest BCUT2D eigenvalue weighted by atomic mass is 16.3. The lowest BCUT2D eigenvalue weighted by Crippen LogP contribution is -2.26. The van der Waals surface area contributed by atoms with Gasteiger partial charge in [-0.15, -0.1) is 13.2 Å². The highest BCUT2D eigenvalue weighted by Gasteiger charge is 2.09. The van der Waals surface area contributed by atoms with E-state index in [1.807, 2.05) is 30.3 Å². The third-order valence-corrected chi connectivity index (χ3v) is 1.96. The second-order valence-electron chi connectivity index (χ2n) is 3.04. The van der Waals surface area contributed by atoms with Crippen molar-refractivity contribution in [1.29, 1.82) is 0 Å². The van der Waals surface area contributed by atoms with E-state index < -0.39 is 0 Å². The minimum atomic E-state index is -0.168. The summed E-state index contributed by atoms with van der Waals surface area (Å²) >= 11 is 0. The predicted molar refractivity (Wildman–Crippen MR) is 62.0 cm³/mol. The molecule has 0 spiro atoms. The van der Waals surface area contributed by atoms with Crippen LogP contribution in [0.4, 0.5) is 0 Å². The molecule has 2 nitrogen and oxygen atoms in total. The van der Waals surface area contributed by atoms with E-state index in [9.17, 15) is 4.79 Å². The van der Waals surface area contributed by atoms with Gasteiger partial charge in [-0.05, 0) is 5.56 Å². The molecule has 0 saturated carbocycles. The topological polar surface area (TPSA) is 29.1 Å². The monoisotopic (exact) mass is 203 g/mol. The van der Waals surface area contributed by atoms with Crippen molar-refractivity contribution in [3.05, 3.63) is 67.6 Å². The van der Waals surface area contributed by atoms with Gasteiger partial charge in [0.25, 0.3) is 0 Å². The largest absolute Gasteiger partial charge is 0.345 e. The number of hydrogen-bond acceptors (Lipinski definition) is 1. The number of hydrogen-bond donors (Lipinski definition) is 1. The second kappa shape index (κ2) is 5.81. The summed E-state index contributed by atoms with van der Waals surface area (Å²) in [6.07, 6.45) is 4.55. The third kappa shape index (κ3) is 3.43. The van der Waals surface area contributed by atoms with E-state index in [4.69, 9.17) is 0 Å². The van der Waals surface area contributed by atoms with Gasteiger partial charge < -0.3 is 5.32 Å². The molecule has 1 unspecified atom stereocenters. The minimum Gasteiger partial charge on any atom is -0.345 e. The number of carbonyl (C=O) groups is 1. The predicted octanol–water partition coefficient (Wildman–Crippen LogP) is 2.42. The van der Waals surface area contributed by atoms with E-state index in [0.29, 0.717) is 0 Å². The Labute approximate surface area is 90.3 Å². The summed E-state index contributed by atoms with van der Waals surface area (Å²) in [6.45, 7) is 7.16. The Morgan fingerprint density at radius 3 is 2.47 bits per heavy atom. The Balaban J connectivity index is 2.68. The van der Waals surface area contributed by atoms with E-state index in [2.05, 4.69) is 18.5 Å². The summed E-state index contributed by atoms with van der Waals surface area (Å²) in [5.41, 5.74) is 1.01. The Hall–Kier alpha value is -1.83. The SMILES string of the molecule is C=C[CH][14C](=O)NC(C=C)[13c]1ccccc1. The van der Waals surface area contributed by atoms with E-state index in [1.165, 1.54) is 12.5 Å². The lowest BCUT2D eigenvalue weighted by atomic mass is 10.3. The van der Waals surface area contributed by atoms with Crippen molar-refractivity contribution in [2.45, 2.75) is 6.04 Å². The average molecular weight is 203 g/mol. The van der Waals surface area contributed by atoms with Gasteiger partial charge in [0, 0.05) is 0 Å². The first kappa shape index (κ1) is 11.2. The molecule has 1 rings (SSSR count). The standard InChI is InChI=1S/C13H14NO/c1-3-8-13(15)14-12(4-2)11-9-6-5-7-10-11/h3-10,12H,1-2H2,(H,14,15)/i11+1,13+2. The quantitative estimate of drug-likeness (QED) is 0.731. The summed E-state index contributed by atoms with van der Waals surface area (Å²) < 4.78 is 0. The summed E-state index contributed by atoms with van der Waals surface area (Å²) in [4.78, 5) is 11.3. The fourth-order valence-corrected chi connectivity index (χ4v) is 1.25. The molecular weight excluding hydrogens is 189 g/mol. The van der Waals surface area contributed by atoms with Gasteiger partial charge >= 0.3 is 0 Å². The molecule has 0 bridgehead atoms. The van der Waals surface area contributed by atoms with Gasteiger partial charge in [-0.2, -0.15) is 0 Å². The molecule has 1 atom stereocenters. The maximum Gasteiger partial charge on any atom is 0.228 e. The van der Waals surface area contributed by atoms with Crippen molar-refractivity contribution in [1.82, 2.24) is 5.32 Å². The van der Waals surface area contributed by atoms with Crippen LogP contribution in [-0.4, -0.2) is 5.91 Å². The molecule has 0 saturated heterocycles. The molecule has 77 valence electrons. The molecule has 15 heavy (non-hydrogen) atoms. The fourth-order valence-electron chi connectivity index (χ4n) is 1.25. The van der Waals surface area contributed by atoms with Crippen molar-refractivity contribution in [3.63, 3.8) is 0 Å². The number of carbonyl (C=O) groups excluding carboxylic acids is 1. The molecule has 1 aromatic carbocycles. The van der Waals surface area contributed by atoms with Crippen LogP contribution >= 0.6 is 0 Å². The van der Waals surface area contributed by atoms with Gasteiger partial charge in [-0.1, -0.05) is 42.5 Å². The minimum absolute atomic E-state index is 0.158. The third-order valence-electron chi connectivity index (χ3n) is 1.96. The smallest absolute Gasteiger partial charge is 0.228 e. The molecule has 0 aliphatic heterocycles. The molecule has 2 heteroatoms. The van der Waals surface area contributed by atoms with Gasteiger partial charge in [0.1, 0.15) is 0 Å². The van der Waals surface area contributed by atoms with Crippen LogP contribution in [0.25, 0.3) is 0 Å². The molecule has 0 aliphatic rings. The number of amides is 1. The molecule has 0 aromatic heterocycles. The average Bonchev–Trinajstić information content (AvgIpc) is 2.27. The van der Waals surface area contributed by atoms with Crippen LogP contribution in [0.2, 0.25) is 0 Å². The zero-order valence-corrected chi connectivity index (χ0v) is 8.52. The van der Waals surface area contributed by atoms with Crippen molar-refractivity contribution in [2.75, 3.05) is 0 Å². The van der Waals surface area contributed by atoms with E-state index >= 15 is 0 Å². The van der Waals surface area contributed by atoms with Gasteiger partial charge in [-0.3, -0.25) is 4.79 Å². The van der Waals surface area contributed by atoms with Crippen LogP contribution in [0.15, 0.2) is 55.6 Å². The fraction of sp³-hybridized carbons (Fsp3) is 0.0769. The molecule has 1 radical (unpaired) electrons. The van der Waals surface area contributed by atoms with Crippen LogP contribution < -0.4 is 5.32 Å². The second-order valence-corrected chi connectivity index (χ2v) is 3.04. The first-order valence-corrected chi connectivity index (χ1v) is 4.71. The van der Waals surface area contributed by atoms with Gasteiger partial charge in [0.05, 0.1) is 12.5 Å². The lowest BCUT2D eigenvalue weighted by Gasteiger charge is -2.14. The van der Waals surface area contributed by atoms with Gasteiger partial charge in [0.2, 0.25) is 5.91 Å². The Bertz CT molecular complexity index is 343. The first-order valence-electron chi connectivity index (χ1n) is 4.71. The Kier molecular flexibility index (Phi) is 4.35. The molecular formula is C13H14NO. The molecule has 0 fully saturated rings. The highest BCUT2D eigenvalue weighted by molar-refractivity contribution is 5.87. The molecule has 0 heterocycles. The van der Waals surface area contributed by atoms with Crippen LogP contribution in [0.5, 0.6) is 0 Å². The van der Waals surface area contributed by atoms with Crippen molar-refractivity contribution >= 4 is 5.91 Å². The van der Waals surface area contributed by atoms with E-state index in [0.717, 1.165) is 5.56 Å².